The number of aryl methyl sites for hydroxylation is 1. The summed E-state index contributed by atoms with van der Waals surface area (Å²) in [6.45, 7) is 1.98. The Morgan fingerprint density at radius 1 is 1.31 bits per heavy atom. The largest absolute Gasteiger partial charge is 0.298 e. The zero-order valence-corrected chi connectivity index (χ0v) is 9.40. The van der Waals surface area contributed by atoms with Crippen LogP contribution < -0.4 is 0 Å². The number of nitrogens with zero attached hydrogens (tertiary/aromatic N) is 2. The van der Waals surface area contributed by atoms with Gasteiger partial charge in [0.2, 0.25) is 0 Å². The monoisotopic (exact) mass is 232 g/mol. The predicted octanol–water partition coefficient (Wildman–Crippen LogP) is 2.92. The first-order valence-corrected chi connectivity index (χ1v) is 5.13. The van der Waals surface area contributed by atoms with Crippen LogP contribution in [0.25, 0.3) is 11.3 Å². The van der Waals surface area contributed by atoms with Gasteiger partial charge in [0.25, 0.3) is 0 Å². The molecule has 0 bridgehead atoms. The molecule has 0 N–H and O–H groups in total. The summed E-state index contributed by atoms with van der Waals surface area (Å²) < 4.78 is 0. The fourth-order valence-corrected chi connectivity index (χ4v) is 1.68. The number of hydrogen-bond acceptors (Lipinski definition) is 3. The van der Waals surface area contributed by atoms with Crippen molar-refractivity contribution in [3.8, 4) is 11.3 Å². The summed E-state index contributed by atoms with van der Waals surface area (Å²) in [7, 11) is 0. The van der Waals surface area contributed by atoms with Crippen LogP contribution in [0.15, 0.2) is 30.6 Å². The Balaban J connectivity index is 2.64. The highest BCUT2D eigenvalue weighted by Crippen LogP contribution is 2.24. The molecule has 0 aliphatic rings. The van der Waals surface area contributed by atoms with Gasteiger partial charge in [0.1, 0.15) is 11.5 Å². The molecule has 0 amide bonds. The molecular formula is C12H9ClN2O. The molecule has 80 valence electrons. The van der Waals surface area contributed by atoms with Gasteiger partial charge in [-0.1, -0.05) is 35.4 Å². The van der Waals surface area contributed by atoms with Crippen LogP contribution in [-0.2, 0) is 0 Å². The third-order valence-corrected chi connectivity index (χ3v) is 2.55. The van der Waals surface area contributed by atoms with E-state index in [0.717, 1.165) is 11.1 Å². The van der Waals surface area contributed by atoms with E-state index in [9.17, 15) is 4.79 Å². The summed E-state index contributed by atoms with van der Waals surface area (Å²) in [6.07, 6.45) is 2.03. The summed E-state index contributed by atoms with van der Waals surface area (Å²) in [4.78, 5) is 18.8. The molecule has 1 aromatic heterocycles. The summed E-state index contributed by atoms with van der Waals surface area (Å²) in [5.41, 5.74) is 2.86. The predicted molar refractivity (Wildman–Crippen MR) is 62.6 cm³/mol. The van der Waals surface area contributed by atoms with E-state index in [2.05, 4.69) is 9.97 Å². The normalized spacial score (nSPS) is 10.1. The summed E-state index contributed by atoms with van der Waals surface area (Å²) >= 11 is 5.84. The molecule has 0 unspecified atom stereocenters. The van der Waals surface area contributed by atoms with Gasteiger partial charge in [0.15, 0.2) is 6.29 Å². The second kappa shape index (κ2) is 4.41. The minimum Gasteiger partial charge on any atom is -0.298 e. The van der Waals surface area contributed by atoms with Gasteiger partial charge >= 0.3 is 0 Å². The molecule has 0 saturated heterocycles. The molecule has 1 heterocycles. The average molecular weight is 233 g/mol. The van der Waals surface area contributed by atoms with Crippen LogP contribution in [-0.4, -0.2) is 16.3 Å². The number of aldehydes is 1. The van der Waals surface area contributed by atoms with E-state index in [4.69, 9.17) is 11.6 Å². The SMILES string of the molecule is Cc1cccc(-c2ncnc(Cl)c2C=O)c1. The van der Waals surface area contributed by atoms with Crippen molar-refractivity contribution in [3.63, 3.8) is 0 Å². The van der Waals surface area contributed by atoms with Crippen LogP contribution in [0.1, 0.15) is 15.9 Å². The minimum absolute atomic E-state index is 0.182. The Morgan fingerprint density at radius 3 is 2.81 bits per heavy atom. The molecule has 4 heteroatoms. The fraction of sp³-hybridized carbons (Fsp3) is 0.0833. The maximum absolute atomic E-state index is 10.9. The Hall–Kier alpha value is -1.74. The van der Waals surface area contributed by atoms with Gasteiger partial charge in [-0.2, -0.15) is 0 Å². The lowest BCUT2D eigenvalue weighted by Gasteiger charge is -2.05. The van der Waals surface area contributed by atoms with E-state index in [1.54, 1.807) is 0 Å². The van der Waals surface area contributed by atoms with Crippen molar-refractivity contribution in [1.29, 1.82) is 0 Å². The van der Waals surface area contributed by atoms with Crippen LogP contribution in [0.2, 0.25) is 5.15 Å². The summed E-state index contributed by atoms with van der Waals surface area (Å²) in [6, 6.07) is 7.73. The van der Waals surface area contributed by atoms with Gasteiger partial charge in [-0.25, -0.2) is 9.97 Å². The molecule has 0 saturated carbocycles. The van der Waals surface area contributed by atoms with Gasteiger partial charge in [-0.3, -0.25) is 4.79 Å². The maximum atomic E-state index is 10.9. The highest BCUT2D eigenvalue weighted by Gasteiger charge is 2.10. The van der Waals surface area contributed by atoms with E-state index in [0.29, 0.717) is 17.5 Å². The van der Waals surface area contributed by atoms with Crippen LogP contribution >= 0.6 is 11.6 Å². The smallest absolute Gasteiger partial charge is 0.155 e. The van der Waals surface area contributed by atoms with E-state index < -0.39 is 0 Å². The Labute approximate surface area is 98.1 Å². The number of rotatable bonds is 2. The van der Waals surface area contributed by atoms with Crippen molar-refractivity contribution in [2.24, 2.45) is 0 Å². The molecule has 2 rings (SSSR count). The molecule has 0 fully saturated rings. The first-order valence-electron chi connectivity index (χ1n) is 4.75. The second-order valence-corrected chi connectivity index (χ2v) is 3.77. The second-order valence-electron chi connectivity index (χ2n) is 3.41. The van der Waals surface area contributed by atoms with Crippen molar-refractivity contribution in [1.82, 2.24) is 9.97 Å². The highest BCUT2D eigenvalue weighted by molar-refractivity contribution is 6.32. The Kier molecular flexibility index (Phi) is 2.97. The quantitative estimate of drug-likeness (QED) is 0.591. The summed E-state index contributed by atoms with van der Waals surface area (Å²) in [5, 5.41) is 0.182. The molecule has 0 aliphatic heterocycles. The van der Waals surface area contributed by atoms with E-state index >= 15 is 0 Å². The topological polar surface area (TPSA) is 42.9 Å². The number of carbonyl (C=O) groups is 1. The van der Waals surface area contributed by atoms with E-state index in [-0.39, 0.29) is 5.15 Å². The molecule has 3 nitrogen and oxygen atoms in total. The van der Waals surface area contributed by atoms with Crippen LogP contribution in [0.5, 0.6) is 0 Å². The van der Waals surface area contributed by atoms with Crippen molar-refractivity contribution in [3.05, 3.63) is 46.9 Å². The van der Waals surface area contributed by atoms with Crippen molar-refractivity contribution in [2.75, 3.05) is 0 Å². The van der Waals surface area contributed by atoms with Crippen LogP contribution in [0, 0.1) is 6.92 Å². The molecule has 2 aromatic rings. The van der Waals surface area contributed by atoms with Gasteiger partial charge in [0.05, 0.1) is 11.3 Å². The lowest BCUT2D eigenvalue weighted by atomic mass is 10.1. The van der Waals surface area contributed by atoms with Gasteiger partial charge in [0, 0.05) is 5.56 Å². The standard InChI is InChI=1S/C12H9ClN2O/c1-8-3-2-4-9(5-8)11-10(6-16)12(13)15-7-14-11/h2-7H,1H3. The van der Waals surface area contributed by atoms with Crippen molar-refractivity contribution in [2.45, 2.75) is 6.92 Å². The van der Waals surface area contributed by atoms with Gasteiger partial charge in [-0.15, -0.1) is 0 Å². The molecule has 0 radical (unpaired) electrons. The zero-order valence-electron chi connectivity index (χ0n) is 8.64. The Bertz CT molecular complexity index is 540. The van der Waals surface area contributed by atoms with Crippen molar-refractivity contribution < 1.29 is 4.79 Å². The third kappa shape index (κ3) is 1.95. The van der Waals surface area contributed by atoms with Crippen LogP contribution in [0.4, 0.5) is 0 Å². The fourth-order valence-electron chi connectivity index (χ4n) is 1.50. The van der Waals surface area contributed by atoms with E-state index in [1.807, 2.05) is 31.2 Å². The first kappa shape index (κ1) is 10.8. The number of benzene rings is 1. The molecule has 0 aliphatic carbocycles. The maximum Gasteiger partial charge on any atom is 0.155 e. The molecule has 0 atom stereocenters. The summed E-state index contributed by atoms with van der Waals surface area (Å²) in [5.74, 6) is 0. The first-order chi connectivity index (χ1) is 7.72. The van der Waals surface area contributed by atoms with Gasteiger partial charge < -0.3 is 0 Å². The van der Waals surface area contributed by atoms with E-state index in [1.165, 1.54) is 6.33 Å². The number of carbonyl (C=O) groups excluding carboxylic acids is 1. The van der Waals surface area contributed by atoms with Crippen LogP contribution in [0.3, 0.4) is 0 Å². The third-order valence-electron chi connectivity index (χ3n) is 2.24. The van der Waals surface area contributed by atoms with Gasteiger partial charge in [-0.05, 0) is 13.0 Å². The Morgan fingerprint density at radius 2 is 2.12 bits per heavy atom. The zero-order chi connectivity index (χ0) is 11.5. The number of hydrogen-bond donors (Lipinski definition) is 0. The number of halogens is 1. The average Bonchev–Trinajstić information content (AvgIpc) is 2.28. The highest BCUT2D eigenvalue weighted by atomic mass is 35.5. The number of aromatic nitrogens is 2. The lowest BCUT2D eigenvalue weighted by molar-refractivity contribution is 0.112. The van der Waals surface area contributed by atoms with Crippen molar-refractivity contribution >= 4 is 17.9 Å². The minimum atomic E-state index is 0.182. The molecule has 16 heavy (non-hydrogen) atoms. The molecular weight excluding hydrogens is 224 g/mol. The molecule has 1 aromatic carbocycles. The lowest BCUT2D eigenvalue weighted by Crippen LogP contribution is -1.95. The molecule has 0 spiro atoms.